The van der Waals surface area contributed by atoms with Gasteiger partial charge in [-0.1, -0.05) is 11.6 Å². The number of benzene rings is 1. The van der Waals surface area contributed by atoms with E-state index in [1.165, 1.54) is 19.1 Å². The Balaban J connectivity index is 2.84. The van der Waals surface area contributed by atoms with Gasteiger partial charge in [-0.3, -0.25) is 4.79 Å². The van der Waals surface area contributed by atoms with Crippen LogP contribution in [0.5, 0.6) is 0 Å². The first-order valence-corrected chi connectivity index (χ1v) is 6.28. The molecule has 21 heavy (non-hydrogen) atoms. The number of hydrogen-bond donors (Lipinski definition) is 2. The zero-order chi connectivity index (χ0) is 16.0. The van der Waals surface area contributed by atoms with Crippen molar-refractivity contribution in [3.63, 3.8) is 0 Å². The lowest BCUT2D eigenvalue weighted by atomic mass is 10.1. The van der Waals surface area contributed by atoms with Gasteiger partial charge in [-0.25, -0.2) is 9.59 Å². The fraction of sp³-hybridized carbons (Fsp3) is 0.357. The summed E-state index contributed by atoms with van der Waals surface area (Å²) in [5.74, 6) is -1.54. The third-order valence-electron chi connectivity index (χ3n) is 2.83. The molecule has 0 radical (unpaired) electrons. The van der Waals surface area contributed by atoms with Crippen molar-refractivity contribution in [3.05, 3.63) is 29.3 Å². The highest BCUT2D eigenvalue weighted by Crippen LogP contribution is 2.18. The monoisotopic (exact) mass is 294 g/mol. The van der Waals surface area contributed by atoms with Crippen molar-refractivity contribution in [2.75, 3.05) is 26.0 Å². The number of aliphatic carboxylic acids is 1. The first-order valence-electron chi connectivity index (χ1n) is 6.28. The first kappa shape index (κ1) is 16.5. The number of urea groups is 1. The van der Waals surface area contributed by atoms with Gasteiger partial charge in [-0.05, 0) is 19.1 Å². The first-order chi connectivity index (χ1) is 9.85. The number of nitrogens with zero attached hydrogens (tertiary/aromatic N) is 1. The Morgan fingerprint density at radius 1 is 1.33 bits per heavy atom. The largest absolute Gasteiger partial charge is 0.481 e. The normalized spacial score (nSPS) is 9.86. The van der Waals surface area contributed by atoms with Crippen LogP contribution >= 0.6 is 0 Å². The van der Waals surface area contributed by atoms with E-state index in [9.17, 15) is 14.4 Å². The minimum Gasteiger partial charge on any atom is -0.481 e. The van der Waals surface area contributed by atoms with Crippen molar-refractivity contribution < 1.29 is 24.2 Å². The summed E-state index contributed by atoms with van der Waals surface area (Å²) >= 11 is 0. The minimum atomic E-state index is -0.986. The molecule has 0 aliphatic rings. The van der Waals surface area contributed by atoms with Crippen LogP contribution in [0.1, 0.15) is 22.3 Å². The quantitative estimate of drug-likeness (QED) is 0.806. The molecule has 0 heterocycles. The molecule has 0 saturated carbocycles. The van der Waals surface area contributed by atoms with Gasteiger partial charge >= 0.3 is 18.0 Å². The fourth-order valence-corrected chi connectivity index (χ4v) is 1.62. The maximum absolute atomic E-state index is 11.9. The lowest BCUT2D eigenvalue weighted by Gasteiger charge is -2.18. The van der Waals surface area contributed by atoms with Gasteiger partial charge in [0.25, 0.3) is 0 Å². The molecule has 7 heteroatoms. The van der Waals surface area contributed by atoms with Crippen LogP contribution in [-0.2, 0) is 9.53 Å². The SMILES string of the molecule is COC(=O)c1cc(C)ccc1NC(=O)N(C)CCC(=O)O. The second kappa shape index (κ2) is 7.28. The van der Waals surface area contributed by atoms with Crippen LogP contribution < -0.4 is 5.32 Å². The van der Waals surface area contributed by atoms with Gasteiger partial charge in [0.2, 0.25) is 0 Å². The summed E-state index contributed by atoms with van der Waals surface area (Å²) in [7, 11) is 2.74. The molecule has 2 amide bonds. The molecule has 1 aromatic rings. The standard InChI is InChI=1S/C14H18N2O5/c1-9-4-5-11(10(8-9)13(19)21-3)15-14(20)16(2)7-6-12(17)18/h4-5,8H,6-7H2,1-3H3,(H,15,20)(H,17,18). The van der Waals surface area contributed by atoms with E-state index in [-0.39, 0.29) is 18.5 Å². The van der Waals surface area contributed by atoms with Gasteiger partial charge in [-0.2, -0.15) is 0 Å². The number of nitrogens with one attached hydrogen (secondary N) is 1. The summed E-state index contributed by atoms with van der Waals surface area (Å²) < 4.78 is 4.67. The van der Waals surface area contributed by atoms with Crippen molar-refractivity contribution in [3.8, 4) is 0 Å². The molecule has 7 nitrogen and oxygen atoms in total. The number of esters is 1. The van der Waals surface area contributed by atoms with E-state index in [1.54, 1.807) is 18.2 Å². The number of ether oxygens (including phenoxy) is 1. The third kappa shape index (κ3) is 4.79. The zero-order valence-corrected chi connectivity index (χ0v) is 12.2. The van der Waals surface area contributed by atoms with E-state index in [2.05, 4.69) is 10.1 Å². The number of aryl methyl sites for hydroxylation is 1. The van der Waals surface area contributed by atoms with Crippen molar-refractivity contribution in [1.82, 2.24) is 4.90 Å². The van der Waals surface area contributed by atoms with Gasteiger partial charge in [0.15, 0.2) is 0 Å². The molecule has 0 atom stereocenters. The van der Waals surface area contributed by atoms with Crippen LogP contribution in [0.25, 0.3) is 0 Å². The Morgan fingerprint density at radius 3 is 2.57 bits per heavy atom. The average molecular weight is 294 g/mol. The minimum absolute atomic E-state index is 0.0700. The molecule has 0 saturated heterocycles. The van der Waals surface area contributed by atoms with E-state index >= 15 is 0 Å². The summed E-state index contributed by atoms with van der Waals surface area (Å²) in [5, 5.41) is 11.2. The average Bonchev–Trinajstić information content (AvgIpc) is 2.45. The Hall–Kier alpha value is -2.57. The number of rotatable bonds is 5. The number of carbonyl (C=O) groups excluding carboxylic acids is 2. The molecule has 0 bridgehead atoms. The highest BCUT2D eigenvalue weighted by Gasteiger charge is 2.16. The summed E-state index contributed by atoms with van der Waals surface area (Å²) in [5.41, 5.74) is 1.42. The molecular formula is C14H18N2O5. The highest BCUT2D eigenvalue weighted by molar-refractivity contribution is 6.01. The molecule has 0 aliphatic heterocycles. The molecular weight excluding hydrogens is 276 g/mol. The summed E-state index contributed by atoms with van der Waals surface area (Å²) in [6.07, 6.45) is -0.151. The second-order valence-electron chi connectivity index (χ2n) is 4.54. The Bertz CT molecular complexity index is 556. The zero-order valence-electron chi connectivity index (χ0n) is 12.2. The van der Waals surface area contributed by atoms with Crippen molar-refractivity contribution in [2.24, 2.45) is 0 Å². The molecule has 1 rings (SSSR count). The van der Waals surface area contributed by atoms with Crippen LogP contribution in [0.15, 0.2) is 18.2 Å². The molecule has 0 aromatic heterocycles. The van der Waals surface area contributed by atoms with Crippen LogP contribution in [0.3, 0.4) is 0 Å². The topological polar surface area (TPSA) is 95.9 Å². The summed E-state index contributed by atoms with van der Waals surface area (Å²) in [6, 6.07) is 4.47. The molecule has 1 aromatic carbocycles. The summed E-state index contributed by atoms with van der Waals surface area (Å²) in [6.45, 7) is 1.89. The molecule has 0 fully saturated rings. The maximum atomic E-state index is 11.9. The van der Waals surface area contributed by atoms with Crippen molar-refractivity contribution in [1.29, 1.82) is 0 Å². The van der Waals surface area contributed by atoms with Gasteiger partial charge in [0.1, 0.15) is 0 Å². The second-order valence-corrected chi connectivity index (χ2v) is 4.54. The van der Waals surface area contributed by atoms with Crippen LogP contribution in [0.2, 0.25) is 0 Å². The smallest absolute Gasteiger partial charge is 0.339 e. The van der Waals surface area contributed by atoms with Gasteiger partial charge < -0.3 is 20.1 Å². The highest BCUT2D eigenvalue weighted by atomic mass is 16.5. The van der Waals surface area contributed by atoms with Gasteiger partial charge in [0.05, 0.1) is 24.8 Å². The van der Waals surface area contributed by atoms with E-state index < -0.39 is 18.0 Å². The molecule has 0 spiro atoms. The molecule has 114 valence electrons. The number of hydrogen-bond acceptors (Lipinski definition) is 4. The van der Waals surface area contributed by atoms with Crippen molar-refractivity contribution in [2.45, 2.75) is 13.3 Å². The van der Waals surface area contributed by atoms with Crippen LogP contribution in [0, 0.1) is 6.92 Å². The Morgan fingerprint density at radius 2 is 2.00 bits per heavy atom. The number of carboxylic acid groups (broad SMARTS) is 1. The van der Waals surface area contributed by atoms with E-state index in [4.69, 9.17) is 5.11 Å². The lowest BCUT2D eigenvalue weighted by Crippen LogP contribution is -2.33. The lowest BCUT2D eigenvalue weighted by molar-refractivity contribution is -0.137. The third-order valence-corrected chi connectivity index (χ3v) is 2.83. The van der Waals surface area contributed by atoms with E-state index in [0.29, 0.717) is 5.69 Å². The van der Waals surface area contributed by atoms with Gasteiger partial charge in [-0.15, -0.1) is 0 Å². The van der Waals surface area contributed by atoms with Gasteiger partial charge in [0, 0.05) is 13.6 Å². The number of anilines is 1. The number of carbonyl (C=O) groups is 3. The summed E-state index contributed by atoms with van der Waals surface area (Å²) in [4.78, 5) is 35.3. The van der Waals surface area contributed by atoms with Crippen molar-refractivity contribution >= 4 is 23.7 Å². The predicted octanol–water partition coefficient (Wildman–Crippen LogP) is 1.72. The Kier molecular flexibility index (Phi) is 5.71. The Labute approximate surface area is 122 Å². The van der Waals surface area contributed by atoms with Crippen LogP contribution in [0.4, 0.5) is 10.5 Å². The molecule has 2 N–H and O–H groups in total. The number of amides is 2. The van der Waals surface area contributed by atoms with Crippen LogP contribution in [-0.4, -0.2) is 48.7 Å². The predicted molar refractivity (Wildman–Crippen MR) is 76.4 cm³/mol. The number of carboxylic acids is 1. The molecule has 0 unspecified atom stereocenters. The van der Waals surface area contributed by atoms with E-state index in [1.807, 2.05) is 6.92 Å². The maximum Gasteiger partial charge on any atom is 0.339 e. The van der Waals surface area contributed by atoms with E-state index in [0.717, 1.165) is 5.56 Å². The number of methoxy groups -OCH3 is 1. The fourth-order valence-electron chi connectivity index (χ4n) is 1.62. The molecule has 0 aliphatic carbocycles.